The minimum atomic E-state index is 0.0772. The predicted octanol–water partition coefficient (Wildman–Crippen LogP) is 4.32. The number of halogens is 1. The molecule has 17 heavy (non-hydrogen) atoms. The molecule has 0 aromatic carbocycles. The van der Waals surface area contributed by atoms with Crippen molar-refractivity contribution < 1.29 is 4.79 Å². The van der Waals surface area contributed by atoms with Gasteiger partial charge >= 0.3 is 0 Å². The van der Waals surface area contributed by atoms with Crippen LogP contribution in [0.25, 0.3) is 0 Å². The largest absolute Gasteiger partial charge is 0.293 e. The number of Topliss-reactive ketones (excluding diaryl/α,β-unsaturated/α-hetero) is 1. The average Bonchev–Trinajstić information content (AvgIpc) is 2.28. The number of aromatic nitrogens is 1. The first-order valence-corrected chi connectivity index (χ1v) is 7.31. The summed E-state index contributed by atoms with van der Waals surface area (Å²) in [6.07, 6.45) is 5.87. The number of aryl methyl sites for hydroxylation is 2. The van der Waals surface area contributed by atoms with Crippen LogP contribution in [0, 0.1) is 10.6 Å². The molecule has 94 valence electrons. The second kappa shape index (κ2) is 7.09. The summed E-state index contributed by atoms with van der Waals surface area (Å²) in [5.41, 5.74) is 2.95. The first kappa shape index (κ1) is 14.6. The number of hydrogen-bond acceptors (Lipinski definition) is 2. The molecule has 3 heteroatoms. The standard InChI is InChI=1S/C14H20INO/c1-4-5-6-7-8-12-9-10(2)14(15)16-13(12)11(3)17/h9H,4-8H2,1-3H3. The van der Waals surface area contributed by atoms with E-state index in [0.29, 0.717) is 5.69 Å². The summed E-state index contributed by atoms with van der Waals surface area (Å²) in [6, 6.07) is 2.12. The van der Waals surface area contributed by atoms with Crippen LogP contribution in [-0.2, 0) is 6.42 Å². The van der Waals surface area contributed by atoms with Crippen LogP contribution in [-0.4, -0.2) is 10.8 Å². The first-order valence-electron chi connectivity index (χ1n) is 6.23. The maximum absolute atomic E-state index is 11.6. The van der Waals surface area contributed by atoms with Crippen LogP contribution in [0.2, 0.25) is 0 Å². The van der Waals surface area contributed by atoms with Crippen LogP contribution in [0.4, 0.5) is 0 Å². The van der Waals surface area contributed by atoms with Gasteiger partial charge in [0.05, 0.1) is 0 Å². The minimum absolute atomic E-state index is 0.0772. The Labute approximate surface area is 117 Å². The summed E-state index contributed by atoms with van der Waals surface area (Å²) in [4.78, 5) is 16.0. The van der Waals surface area contributed by atoms with Gasteiger partial charge in [0.25, 0.3) is 0 Å². The van der Waals surface area contributed by atoms with Gasteiger partial charge in [0.1, 0.15) is 9.39 Å². The maximum Gasteiger partial charge on any atom is 0.178 e. The Kier molecular flexibility index (Phi) is 6.09. The maximum atomic E-state index is 11.6. The van der Waals surface area contributed by atoms with Crippen molar-refractivity contribution in [2.24, 2.45) is 0 Å². The van der Waals surface area contributed by atoms with Crippen molar-refractivity contribution in [3.63, 3.8) is 0 Å². The van der Waals surface area contributed by atoms with Crippen LogP contribution in [0.15, 0.2) is 6.07 Å². The fraction of sp³-hybridized carbons (Fsp3) is 0.571. The smallest absolute Gasteiger partial charge is 0.178 e. The number of pyridine rings is 1. The predicted molar refractivity (Wildman–Crippen MR) is 79.5 cm³/mol. The average molecular weight is 345 g/mol. The second-order valence-corrected chi connectivity index (χ2v) is 5.49. The van der Waals surface area contributed by atoms with Crippen molar-refractivity contribution in [1.82, 2.24) is 4.98 Å². The molecule has 0 fully saturated rings. The van der Waals surface area contributed by atoms with E-state index in [1.165, 1.54) is 24.8 Å². The van der Waals surface area contributed by atoms with E-state index in [2.05, 4.69) is 40.6 Å². The van der Waals surface area contributed by atoms with Gasteiger partial charge in [0.2, 0.25) is 0 Å². The molecule has 1 aromatic rings. The Morgan fingerprint density at radius 3 is 2.65 bits per heavy atom. The topological polar surface area (TPSA) is 30.0 Å². The molecular weight excluding hydrogens is 325 g/mol. The molecule has 0 N–H and O–H groups in total. The summed E-state index contributed by atoms with van der Waals surface area (Å²) >= 11 is 2.19. The molecule has 1 heterocycles. The molecule has 0 radical (unpaired) electrons. The summed E-state index contributed by atoms with van der Waals surface area (Å²) in [6.45, 7) is 5.86. The van der Waals surface area contributed by atoms with E-state index in [-0.39, 0.29) is 5.78 Å². The summed E-state index contributed by atoms with van der Waals surface area (Å²) in [5.74, 6) is 0.0772. The fourth-order valence-electron chi connectivity index (χ4n) is 1.89. The van der Waals surface area contributed by atoms with Crippen LogP contribution < -0.4 is 0 Å². The number of nitrogens with zero attached hydrogens (tertiary/aromatic N) is 1. The van der Waals surface area contributed by atoms with Crippen molar-refractivity contribution in [3.8, 4) is 0 Å². The lowest BCUT2D eigenvalue weighted by molar-refractivity contribution is 0.101. The fourth-order valence-corrected chi connectivity index (χ4v) is 2.28. The highest BCUT2D eigenvalue weighted by molar-refractivity contribution is 14.1. The zero-order valence-electron chi connectivity index (χ0n) is 10.8. The second-order valence-electron chi connectivity index (χ2n) is 4.47. The van der Waals surface area contributed by atoms with E-state index in [0.717, 1.165) is 22.1 Å². The Hall–Kier alpha value is -0.450. The molecule has 0 aliphatic carbocycles. The summed E-state index contributed by atoms with van der Waals surface area (Å²) in [5, 5.41) is 0. The number of hydrogen-bond donors (Lipinski definition) is 0. The normalized spacial score (nSPS) is 10.6. The monoisotopic (exact) mass is 345 g/mol. The number of ketones is 1. The van der Waals surface area contributed by atoms with Crippen molar-refractivity contribution >= 4 is 28.4 Å². The molecule has 0 amide bonds. The van der Waals surface area contributed by atoms with Crippen LogP contribution in [0.5, 0.6) is 0 Å². The van der Waals surface area contributed by atoms with Gasteiger partial charge in [-0.3, -0.25) is 4.79 Å². The van der Waals surface area contributed by atoms with Crippen LogP contribution in [0.3, 0.4) is 0 Å². The van der Waals surface area contributed by atoms with E-state index in [1.54, 1.807) is 6.92 Å². The van der Waals surface area contributed by atoms with E-state index in [4.69, 9.17) is 0 Å². The highest BCUT2D eigenvalue weighted by atomic mass is 127. The Bertz CT molecular complexity index is 401. The van der Waals surface area contributed by atoms with Gasteiger partial charge in [-0.25, -0.2) is 4.98 Å². The zero-order chi connectivity index (χ0) is 12.8. The SMILES string of the molecule is CCCCCCc1cc(C)c(I)nc1C(C)=O. The highest BCUT2D eigenvalue weighted by Gasteiger charge is 2.11. The lowest BCUT2D eigenvalue weighted by Gasteiger charge is -2.09. The Morgan fingerprint density at radius 2 is 2.06 bits per heavy atom. The minimum Gasteiger partial charge on any atom is -0.293 e. The third-order valence-corrected chi connectivity index (χ3v) is 3.96. The summed E-state index contributed by atoms with van der Waals surface area (Å²) in [7, 11) is 0. The van der Waals surface area contributed by atoms with Gasteiger partial charge in [-0.15, -0.1) is 0 Å². The lowest BCUT2D eigenvalue weighted by Crippen LogP contribution is -2.06. The quantitative estimate of drug-likeness (QED) is 0.333. The van der Waals surface area contributed by atoms with E-state index < -0.39 is 0 Å². The number of rotatable bonds is 6. The third kappa shape index (κ3) is 4.37. The van der Waals surface area contributed by atoms with Gasteiger partial charge in [-0.05, 0) is 53.5 Å². The lowest BCUT2D eigenvalue weighted by atomic mass is 10.0. The van der Waals surface area contributed by atoms with Crippen molar-refractivity contribution in [2.75, 3.05) is 0 Å². The van der Waals surface area contributed by atoms with Gasteiger partial charge in [-0.1, -0.05) is 32.3 Å². The molecule has 0 bridgehead atoms. The molecule has 0 spiro atoms. The number of unbranched alkanes of at least 4 members (excludes halogenated alkanes) is 3. The number of carbonyl (C=O) groups excluding carboxylic acids is 1. The van der Waals surface area contributed by atoms with Gasteiger partial charge in [0, 0.05) is 6.92 Å². The Morgan fingerprint density at radius 1 is 1.35 bits per heavy atom. The van der Waals surface area contributed by atoms with Gasteiger partial charge in [0.15, 0.2) is 5.78 Å². The van der Waals surface area contributed by atoms with Crippen molar-refractivity contribution in [2.45, 2.75) is 52.9 Å². The molecule has 0 aliphatic heterocycles. The molecule has 0 atom stereocenters. The van der Waals surface area contributed by atoms with E-state index in [1.807, 2.05) is 6.92 Å². The summed E-state index contributed by atoms with van der Waals surface area (Å²) < 4.78 is 0.935. The molecule has 1 rings (SSSR count). The third-order valence-electron chi connectivity index (χ3n) is 2.86. The molecule has 0 unspecified atom stereocenters. The molecule has 0 saturated carbocycles. The molecule has 2 nitrogen and oxygen atoms in total. The number of carbonyl (C=O) groups is 1. The van der Waals surface area contributed by atoms with E-state index in [9.17, 15) is 4.79 Å². The molecular formula is C14H20INO. The van der Waals surface area contributed by atoms with E-state index >= 15 is 0 Å². The van der Waals surface area contributed by atoms with Gasteiger partial charge in [-0.2, -0.15) is 0 Å². The molecule has 1 aromatic heterocycles. The highest BCUT2D eigenvalue weighted by Crippen LogP contribution is 2.18. The van der Waals surface area contributed by atoms with Crippen molar-refractivity contribution in [1.29, 1.82) is 0 Å². The van der Waals surface area contributed by atoms with Crippen molar-refractivity contribution in [3.05, 3.63) is 26.6 Å². The van der Waals surface area contributed by atoms with Crippen LogP contribution >= 0.6 is 22.6 Å². The molecule has 0 aliphatic rings. The zero-order valence-corrected chi connectivity index (χ0v) is 13.0. The van der Waals surface area contributed by atoms with Gasteiger partial charge < -0.3 is 0 Å². The first-order chi connectivity index (χ1) is 8.06. The molecule has 0 saturated heterocycles. The Balaban J connectivity index is 2.81. The van der Waals surface area contributed by atoms with Crippen LogP contribution in [0.1, 0.15) is 61.1 Å².